The summed E-state index contributed by atoms with van der Waals surface area (Å²) in [7, 11) is 0. The third-order valence-electron chi connectivity index (χ3n) is 5.50. The van der Waals surface area contributed by atoms with E-state index in [1.165, 1.54) is 45.4 Å². The molecule has 4 nitrogen and oxygen atoms in total. The van der Waals surface area contributed by atoms with E-state index in [-0.39, 0.29) is 17.8 Å². The van der Waals surface area contributed by atoms with Crippen LogP contribution in [-0.4, -0.2) is 29.0 Å². The lowest BCUT2D eigenvalue weighted by Crippen LogP contribution is -2.45. The number of carbonyl (C=O) groups excluding carboxylic acids is 2. The van der Waals surface area contributed by atoms with E-state index in [4.69, 9.17) is 4.74 Å². The molecule has 0 aliphatic carbocycles. The van der Waals surface area contributed by atoms with Gasteiger partial charge in [-0.1, -0.05) is 89.1 Å². The molecule has 27 heavy (non-hydrogen) atoms. The first-order valence-corrected chi connectivity index (χ1v) is 10.6. The summed E-state index contributed by atoms with van der Waals surface area (Å²) in [6, 6.07) is 9.32. The Morgan fingerprint density at radius 3 is 2.33 bits per heavy atom. The van der Waals surface area contributed by atoms with E-state index in [0.717, 1.165) is 18.4 Å². The Bertz CT molecular complexity index is 587. The molecular formula is C23H35NO3. The van der Waals surface area contributed by atoms with Crippen LogP contribution in [0.2, 0.25) is 0 Å². The lowest BCUT2D eigenvalue weighted by atomic mass is 9.98. The Kier molecular flexibility index (Phi) is 8.83. The zero-order chi connectivity index (χ0) is 19.6. The van der Waals surface area contributed by atoms with Gasteiger partial charge in [-0.25, -0.2) is 4.79 Å². The van der Waals surface area contributed by atoms with E-state index >= 15 is 0 Å². The van der Waals surface area contributed by atoms with Crippen molar-refractivity contribution in [2.24, 2.45) is 5.92 Å². The van der Waals surface area contributed by atoms with Crippen LogP contribution in [0.4, 0.5) is 0 Å². The van der Waals surface area contributed by atoms with Crippen LogP contribution in [0.15, 0.2) is 30.3 Å². The topological polar surface area (TPSA) is 46.6 Å². The number of carbonyl (C=O) groups is 2. The summed E-state index contributed by atoms with van der Waals surface area (Å²) in [4.78, 5) is 26.4. The standard InChI is InChI=1S/C23H35NO3/c1-4-5-6-7-8-9-11-14-18(2)22-24(19(3)25)21(23(26)27-22)17-20-15-12-10-13-16-20/h10,12-13,15-16,18,21-22H,4-9,11,14,17H2,1-3H3. The van der Waals surface area contributed by atoms with Gasteiger partial charge in [0.2, 0.25) is 5.91 Å². The molecule has 1 aromatic rings. The summed E-state index contributed by atoms with van der Waals surface area (Å²) in [5.41, 5.74) is 1.05. The maximum absolute atomic E-state index is 12.5. The Morgan fingerprint density at radius 2 is 1.70 bits per heavy atom. The van der Waals surface area contributed by atoms with Crippen molar-refractivity contribution >= 4 is 11.9 Å². The van der Waals surface area contributed by atoms with Gasteiger partial charge >= 0.3 is 5.97 Å². The quantitative estimate of drug-likeness (QED) is 0.400. The molecule has 3 atom stereocenters. The van der Waals surface area contributed by atoms with Crippen molar-refractivity contribution in [2.45, 2.75) is 90.8 Å². The number of benzene rings is 1. The minimum atomic E-state index is -0.508. The lowest BCUT2D eigenvalue weighted by molar-refractivity contribution is -0.146. The number of nitrogens with zero attached hydrogens (tertiary/aromatic N) is 1. The van der Waals surface area contributed by atoms with Gasteiger partial charge in [0.15, 0.2) is 6.23 Å². The summed E-state index contributed by atoms with van der Waals surface area (Å²) in [5.74, 6) is -0.196. The van der Waals surface area contributed by atoms with Crippen LogP contribution >= 0.6 is 0 Å². The fourth-order valence-corrected chi connectivity index (χ4v) is 3.92. The van der Waals surface area contributed by atoms with E-state index in [1.54, 1.807) is 4.90 Å². The molecule has 0 saturated carbocycles. The van der Waals surface area contributed by atoms with Crippen LogP contribution in [0.5, 0.6) is 0 Å². The highest BCUT2D eigenvalue weighted by Crippen LogP contribution is 2.29. The van der Waals surface area contributed by atoms with Gasteiger partial charge in [-0.3, -0.25) is 9.69 Å². The minimum absolute atomic E-state index is 0.0850. The van der Waals surface area contributed by atoms with Crippen molar-refractivity contribution in [1.29, 1.82) is 0 Å². The average molecular weight is 374 g/mol. The second kappa shape index (κ2) is 11.1. The summed E-state index contributed by atoms with van der Waals surface area (Å²) in [6.07, 6.45) is 9.89. The first-order chi connectivity index (χ1) is 13.0. The highest BCUT2D eigenvalue weighted by molar-refractivity contribution is 5.86. The third kappa shape index (κ3) is 6.37. The second-order valence-electron chi connectivity index (χ2n) is 7.85. The molecule has 0 aromatic heterocycles. The van der Waals surface area contributed by atoms with Gasteiger partial charge in [-0.15, -0.1) is 0 Å². The molecule has 1 aliphatic heterocycles. The molecule has 1 heterocycles. The van der Waals surface area contributed by atoms with Crippen molar-refractivity contribution in [2.75, 3.05) is 0 Å². The largest absolute Gasteiger partial charge is 0.440 e. The maximum atomic E-state index is 12.5. The molecule has 0 spiro atoms. The molecule has 0 radical (unpaired) electrons. The summed E-state index contributed by atoms with van der Waals surface area (Å²) >= 11 is 0. The van der Waals surface area contributed by atoms with Gasteiger partial charge in [0.25, 0.3) is 0 Å². The van der Waals surface area contributed by atoms with E-state index in [1.807, 2.05) is 30.3 Å². The maximum Gasteiger partial charge on any atom is 0.331 e. The number of rotatable bonds is 11. The summed E-state index contributed by atoms with van der Waals surface area (Å²) < 4.78 is 5.66. The Morgan fingerprint density at radius 1 is 1.07 bits per heavy atom. The highest BCUT2D eigenvalue weighted by Gasteiger charge is 2.45. The van der Waals surface area contributed by atoms with Crippen molar-refractivity contribution in [3.63, 3.8) is 0 Å². The molecule has 1 fully saturated rings. The molecule has 1 amide bonds. The molecule has 1 aromatic carbocycles. The van der Waals surface area contributed by atoms with Crippen molar-refractivity contribution in [1.82, 2.24) is 4.90 Å². The number of hydrogen-bond donors (Lipinski definition) is 0. The molecule has 4 heteroatoms. The van der Waals surface area contributed by atoms with Crippen LogP contribution in [0, 0.1) is 5.92 Å². The number of cyclic esters (lactones) is 1. The van der Waals surface area contributed by atoms with Gasteiger partial charge in [0.1, 0.15) is 6.04 Å². The predicted molar refractivity (Wildman–Crippen MR) is 108 cm³/mol. The van der Waals surface area contributed by atoms with Crippen molar-refractivity contribution in [3.05, 3.63) is 35.9 Å². The van der Waals surface area contributed by atoms with Crippen LogP contribution < -0.4 is 0 Å². The molecule has 0 N–H and O–H groups in total. The molecule has 0 bridgehead atoms. The zero-order valence-corrected chi connectivity index (χ0v) is 17.2. The van der Waals surface area contributed by atoms with Gasteiger partial charge in [-0.05, 0) is 12.0 Å². The first-order valence-electron chi connectivity index (χ1n) is 10.6. The number of hydrogen-bond acceptors (Lipinski definition) is 3. The van der Waals surface area contributed by atoms with Gasteiger partial charge < -0.3 is 4.74 Å². The molecule has 2 rings (SSSR count). The van der Waals surface area contributed by atoms with Crippen LogP contribution in [0.3, 0.4) is 0 Å². The number of unbranched alkanes of at least 4 members (excludes halogenated alkanes) is 6. The van der Waals surface area contributed by atoms with Gasteiger partial charge in [0.05, 0.1) is 0 Å². The fraction of sp³-hybridized carbons (Fsp3) is 0.652. The van der Waals surface area contributed by atoms with Crippen molar-refractivity contribution in [3.8, 4) is 0 Å². The normalized spacial score (nSPS) is 20.6. The molecule has 3 unspecified atom stereocenters. The van der Waals surface area contributed by atoms with E-state index in [2.05, 4.69) is 13.8 Å². The lowest BCUT2D eigenvalue weighted by Gasteiger charge is -2.29. The smallest absolute Gasteiger partial charge is 0.331 e. The fourth-order valence-electron chi connectivity index (χ4n) is 3.92. The van der Waals surface area contributed by atoms with Crippen LogP contribution in [-0.2, 0) is 20.7 Å². The monoisotopic (exact) mass is 373 g/mol. The Labute approximate surface area is 164 Å². The first kappa shape index (κ1) is 21.5. The molecule has 1 saturated heterocycles. The Hall–Kier alpha value is -1.84. The van der Waals surface area contributed by atoms with E-state index < -0.39 is 12.3 Å². The van der Waals surface area contributed by atoms with E-state index in [0.29, 0.717) is 6.42 Å². The van der Waals surface area contributed by atoms with Crippen LogP contribution in [0.25, 0.3) is 0 Å². The molecule has 150 valence electrons. The third-order valence-corrected chi connectivity index (χ3v) is 5.50. The summed E-state index contributed by atoms with van der Waals surface area (Å²) in [5, 5.41) is 0. The average Bonchev–Trinajstić information content (AvgIpc) is 2.98. The molecular weight excluding hydrogens is 338 g/mol. The predicted octanol–water partition coefficient (Wildman–Crippen LogP) is 5.11. The van der Waals surface area contributed by atoms with E-state index in [9.17, 15) is 9.59 Å². The van der Waals surface area contributed by atoms with Gasteiger partial charge in [0, 0.05) is 19.3 Å². The molecule has 1 aliphatic rings. The van der Waals surface area contributed by atoms with Crippen LogP contribution in [0.1, 0.15) is 77.7 Å². The number of amides is 1. The number of esters is 1. The van der Waals surface area contributed by atoms with Gasteiger partial charge in [-0.2, -0.15) is 0 Å². The highest BCUT2D eigenvalue weighted by atomic mass is 16.6. The minimum Gasteiger partial charge on any atom is -0.440 e. The Balaban J connectivity index is 1.87. The van der Waals surface area contributed by atoms with Crippen molar-refractivity contribution < 1.29 is 14.3 Å². The number of ether oxygens (including phenoxy) is 1. The SMILES string of the molecule is CCCCCCCCCC(C)C1OC(=O)C(Cc2ccccc2)N1C(C)=O. The second-order valence-corrected chi connectivity index (χ2v) is 7.85. The summed E-state index contributed by atoms with van der Waals surface area (Å²) in [6.45, 7) is 5.86. The zero-order valence-electron chi connectivity index (χ0n) is 17.2.